The molecule has 2 aliphatic heterocycles. The summed E-state index contributed by atoms with van der Waals surface area (Å²) < 4.78 is 10.7. The molecule has 0 unspecified atom stereocenters. The summed E-state index contributed by atoms with van der Waals surface area (Å²) in [5, 5.41) is 3.12. The van der Waals surface area contributed by atoms with E-state index in [1.54, 1.807) is 18.5 Å². The van der Waals surface area contributed by atoms with Crippen LogP contribution in [0, 0.1) is 5.92 Å². The van der Waals surface area contributed by atoms with Crippen LogP contribution in [-0.4, -0.2) is 45.7 Å². The third-order valence-corrected chi connectivity index (χ3v) is 5.14. The normalized spacial score (nSPS) is 18.5. The molecule has 4 heterocycles. The number of hydrogen-bond acceptors (Lipinski definition) is 7. The quantitative estimate of drug-likeness (QED) is 0.651. The summed E-state index contributed by atoms with van der Waals surface area (Å²) in [5.74, 6) is 1.79. The number of rotatable bonds is 3. The largest absolute Gasteiger partial charge is 0.454 e. The van der Waals surface area contributed by atoms with Gasteiger partial charge in [-0.15, -0.1) is 0 Å². The van der Waals surface area contributed by atoms with Crippen LogP contribution in [0.15, 0.2) is 24.5 Å². The number of nitrogens with zero attached hydrogens (tertiary/aromatic N) is 4. The third-order valence-electron chi connectivity index (χ3n) is 4.97. The molecule has 0 bridgehead atoms. The average molecular weight is 401 g/mol. The summed E-state index contributed by atoms with van der Waals surface area (Å²) in [6.07, 6.45) is 3.24. The van der Waals surface area contributed by atoms with Gasteiger partial charge in [0, 0.05) is 24.8 Å². The van der Waals surface area contributed by atoms with Crippen molar-refractivity contribution in [3.8, 4) is 11.5 Å². The molecule has 3 aromatic rings. The van der Waals surface area contributed by atoms with Gasteiger partial charge in [-0.1, -0.05) is 0 Å². The highest BCUT2D eigenvalue weighted by Gasteiger charge is 2.28. The van der Waals surface area contributed by atoms with Crippen LogP contribution in [0.25, 0.3) is 11.2 Å². The Morgan fingerprint density at radius 1 is 1.29 bits per heavy atom. The predicted octanol–water partition coefficient (Wildman–Crippen LogP) is 2.59. The SMILES string of the molecule is O=C(Nc1ccc2c(c1)OCO2)[C@@H]1CCCN(c2nc(Cl)nc3nc[nH]c23)C1. The average Bonchev–Trinajstić information content (AvgIpc) is 3.36. The molecular weight excluding hydrogens is 384 g/mol. The number of benzene rings is 1. The Labute approximate surface area is 165 Å². The first-order chi connectivity index (χ1) is 13.7. The Kier molecular flexibility index (Phi) is 4.16. The van der Waals surface area contributed by atoms with E-state index in [0.717, 1.165) is 24.9 Å². The van der Waals surface area contributed by atoms with Crippen molar-refractivity contribution < 1.29 is 14.3 Å². The third kappa shape index (κ3) is 3.07. The highest BCUT2D eigenvalue weighted by molar-refractivity contribution is 6.28. The number of ether oxygens (including phenoxy) is 2. The number of halogens is 1. The van der Waals surface area contributed by atoms with E-state index in [0.29, 0.717) is 35.2 Å². The van der Waals surface area contributed by atoms with Crippen molar-refractivity contribution in [1.29, 1.82) is 0 Å². The summed E-state index contributed by atoms with van der Waals surface area (Å²) in [6, 6.07) is 5.38. The van der Waals surface area contributed by atoms with E-state index < -0.39 is 0 Å². The van der Waals surface area contributed by atoms with Crippen LogP contribution in [0.4, 0.5) is 11.5 Å². The molecule has 1 atom stereocenters. The Hall–Kier alpha value is -3.07. The fraction of sp³-hybridized carbons (Fsp3) is 0.333. The molecule has 0 saturated carbocycles. The van der Waals surface area contributed by atoms with Crippen LogP contribution in [0.1, 0.15) is 12.8 Å². The molecule has 2 aromatic heterocycles. The molecule has 2 aliphatic rings. The van der Waals surface area contributed by atoms with E-state index in [1.165, 1.54) is 0 Å². The van der Waals surface area contributed by atoms with Gasteiger partial charge in [-0.25, -0.2) is 4.98 Å². The number of aromatic amines is 1. The fourth-order valence-electron chi connectivity index (χ4n) is 3.62. The van der Waals surface area contributed by atoms with Crippen molar-refractivity contribution in [1.82, 2.24) is 19.9 Å². The molecule has 144 valence electrons. The number of piperidine rings is 1. The molecule has 1 saturated heterocycles. The maximum Gasteiger partial charge on any atom is 0.231 e. The number of amides is 1. The Bertz CT molecular complexity index is 1050. The zero-order chi connectivity index (χ0) is 19.1. The molecule has 2 N–H and O–H groups in total. The molecule has 0 aliphatic carbocycles. The van der Waals surface area contributed by atoms with E-state index in [1.807, 2.05) is 6.07 Å². The number of imidazole rings is 1. The Balaban J connectivity index is 1.34. The van der Waals surface area contributed by atoms with E-state index >= 15 is 0 Å². The van der Waals surface area contributed by atoms with Gasteiger partial charge in [0.25, 0.3) is 0 Å². The standard InChI is InChI=1S/C18H17ClN6O3/c19-18-23-15-14(20-8-21-15)16(24-18)25-5-1-2-10(7-25)17(26)22-11-3-4-12-13(6-11)28-9-27-12/h3-4,6,8,10H,1-2,5,7,9H2,(H,22,26)(H,20,21,23,24)/t10-/m1/s1. The second-order valence-corrected chi connectivity index (χ2v) is 7.10. The second kappa shape index (κ2) is 6.83. The van der Waals surface area contributed by atoms with Gasteiger partial charge in [0.05, 0.1) is 12.2 Å². The number of H-pyrrole nitrogens is 1. The minimum Gasteiger partial charge on any atom is -0.454 e. The van der Waals surface area contributed by atoms with Crippen molar-refractivity contribution in [2.45, 2.75) is 12.8 Å². The van der Waals surface area contributed by atoms with Crippen molar-refractivity contribution in [3.63, 3.8) is 0 Å². The topological polar surface area (TPSA) is 105 Å². The first-order valence-electron chi connectivity index (χ1n) is 8.99. The molecule has 28 heavy (non-hydrogen) atoms. The minimum atomic E-state index is -0.175. The first-order valence-corrected chi connectivity index (χ1v) is 9.37. The zero-order valence-electron chi connectivity index (χ0n) is 14.8. The van der Waals surface area contributed by atoms with Crippen molar-refractivity contribution in [2.75, 3.05) is 30.1 Å². The molecule has 1 fully saturated rings. The van der Waals surface area contributed by atoms with Crippen LogP contribution >= 0.6 is 11.6 Å². The number of nitrogens with one attached hydrogen (secondary N) is 2. The lowest BCUT2D eigenvalue weighted by molar-refractivity contribution is -0.120. The monoisotopic (exact) mass is 400 g/mol. The van der Waals surface area contributed by atoms with Gasteiger partial charge >= 0.3 is 0 Å². The highest BCUT2D eigenvalue weighted by atomic mass is 35.5. The van der Waals surface area contributed by atoms with Crippen molar-refractivity contribution >= 4 is 40.2 Å². The maximum atomic E-state index is 12.8. The fourth-order valence-corrected chi connectivity index (χ4v) is 3.78. The lowest BCUT2D eigenvalue weighted by atomic mass is 9.97. The summed E-state index contributed by atoms with van der Waals surface area (Å²) in [5.41, 5.74) is 1.93. The summed E-state index contributed by atoms with van der Waals surface area (Å²) in [4.78, 5) is 30.6. The number of carbonyl (C=O) groups is 1. The lowest BCUT2D eigenvalue weighted by Gasteiger charge is -2.33. The summed E-state index contributed by atoms with van der Waals surface area (Å²) in [6.45, 7) is 1.53. The maximum absolute atomic E-state index is 12.8. The molecule has 5 rings (SSSR count). The highest BCUT2D eigenvalue weighted by Crippen LogP contribution is 2.34. The van der Waals surface area contributed by atoms with Crippen molar-refractivity contribution in [3.05, 3.63) is 29.8 Å². The number of carbonyl (C=O) groups excluding carboxylic acids is 1. The predicted molar refractivity (Wildman–Crippen MR) is 103 cm³/mol. The first kappa shape index (κ1) is 17.1. The smallest absolute Gasteiger partial charge is 0.231 e. The number of fused-ring (bicyclic) bond motifs is 2. The second-order valence-electron chi connectivity index (χ2n) is 6.76. The van der Waals surface area contributed by atoms with Crippen LogP contribution in [0.3, 0.4) is 0 Å². The molecule has 9 nitrogen and oxygen atoms in total. The lowest BCUT2D eigenvalue weighted by Crippen LogP contribution is -2.41. The summed E-state index contributed by atoms with van der Waals surface area (Å²) in [7, 11) is 0. The molecule has 0 spiro atoms. The molecule has 0 radical (unpaired) electrons. The molecule has 1 aromatic carbocycles. The van der Waals surface area contributed by atoms with Crippen LogP contribution in [-0.2, 0) is 4.79 Å². The van der Waals surface area contributed by atoms with Gasteiger partial charge in [0.15, 0.2) is 23.0 Å². The molecular formula is C18H17ClN6O3. The van der Waals surface area contributed by atoms with Gasteiger partial charge in [-0.3, -0.25) is 4.79 Å². The number of hydrogen-bond donors (Lipinski definition) is 2. The van der Waals surface area contributed by atoms with E-state index in [9.17, 15) is 4.79 Å². The number of aromatic nitrogens is 4. The number of anilines is 2. The van der Waals surface area contributed by atoms with E-state index in [2.05, 4.69) is 30.2 Å². The van der Waals surface area contributed by atoms with Crippen molar-refractivity contribution in [2.24, 2.45) is 5.92 Å². The van der Waals surface area contributed by atoms with Crippen LogP contribution < -0.4 is 19.7 Å². The van der Waals surface area contributed by atoms with Gasteiger partial charge in [-0.05, 0) is 36.6 Å². The molecule has 10 heteroatoms. The minimum absolute atomic E-state index is 0.0374. The molecule has 1 amide bonds. The van der Waals surface area contributed by atoms with Gasteiger partial charge in [0.1, 0.15) is 5.52 Å². The zero-order valence-corrected chi connectivity index (χ0v) is 15.6. The Morgan fingerprint density at radius 2 is 2.18 bits per heavy atom. The Morgan fingerprint density at radius 3 is 3.11 bits per heavy atom. The van der Waals surface area contributed by atoms with Crippen LogP contribution in [0.5, 0.6) is 11.5 Å². The van der Waals surface area contributed by atoms with Gasteiger partial charge < -0.3 is 24.7 Å². The van der Waals surface area contributed by atoms with Crippen LogP contribution in [0.2, 0.25) is 5.28 Å². The van der Waals surface area contributed by atoms with Gasteiger partial charge in [-0.2, -0.15) is 9.97 Å². The van der Waals surface area contributed by atoms with Gasteiger partial charge in [0.2, 0.25) is 18.0 Å². The van der Waals surface area contributed by atoms with E-state index in [4.69, 9.17) is 21.1 Å². The van der Waals surface area contributed by atoms with E-state index in [-0.39, 0.29) is 23.9 Å². The summed E-state index contributed by atoms with van der Waals surface area (Å²) >= 11 is 6.05.